The number of hydrogen-bond donors (Lipinski definition) is 0. The molecule has 0 radical (unpaired) electrons. The summed E-state index contributed by atoms with van der Waals surface area (Å²) in [5.41, 5.74) is 0. The molecule has 0 bridgehead atoms. The summed E-state index contributed by atoms with van der Waals surface area (Å²) in [6.07, 6.45) is -12.6. The monoisotopic (exact) mass is 180 g/mol. The minimum atomic E-state index is -5.23. The van der Waals surface area contributed by atoms with Gasteiger partial charge >= 0.3 is 6.18 Å². The number of halogens is 6. The summed E-state index contributed by atoms with van der Waals surface area (Å²) in [6, 6.07) is 0. The number of alkyl halides is 6. The van der Waals surface area contributed by atoms with Crippen LogP contribution in [0.4, 0.5) is 26.3 Å². The van der Waals surface area contributed by atoms with Crippen molar-refractivity contribution >= 4 is 0 Å². The van der Waals surface area contributed by atoms with Crippen molar-refractivity contribution in [2.75, 3.05) is 6.67 Å². The topological polar surface area (TPSA) is 0 Å². The first-order valence-electron chi connectivity index (χ1n) is 2.80. The molecule has 0 amide bonds. The van der Waals surface area contributed by atoms with Crippen LogP contribution in [0.2, 0.25) is 0 Å². The van der Waals surface area contributed by atoms with Gasteiger partial charge in [-0.05, 0) is 0 Å². The minimum Gasteiger partial charge on any atom is -0.251 e. The van der Waals surface area contributed by atoms with E-state index < -0.39 is 31.6 Å². The first kappa shape index (κ1) is 10.6. The zero-order valence-corrected chi connectivity index (χ0v) is 5.34. The van der Waals surface area contributed by atoms with Gasteiger partial charge in [0.05, 0.1) is 6.67 Å². The fraction of sp³-hybridized carbons (Fsp3) is 1.00. The Bertz CT molecular complexity index is 108. The van der Waals surface area contributed by atoms with Crippen LogP contribution in [-0.4, -0.2) is 25.2 Å². The lowest BCUT2D eigenvalue weighted by Crippen LogP contribution is -2.33. The van der Waals surface area contributed by atoms with Crippen LogP contribution in [-0.2, 0) is 0 Å². The highest BCUT2D eigenvalue weighted by atomic mass is 19.4. The molecule has 0 nitrogen and oxygen atoms in total. The van der Waals surface area contributed by atoms with Crippen molar-refractivity contribution in [3.05, 3.63) is 0 Å². The van der Waals surface area contributed by atoms with E-state index in [4.69, 9.17) is 0 Å². The van der Waals surface area contributed by atoms with Gasteiger partial charge in [0.15, 0.2) is 0 Å². The van der Waals surface area contributed by atoms with E-state index in [1.807, 2.05) is 0 Å². The summed E-state index contributed by atoms with van der Waals surface area (Å²) in [5.74, 6) is 0. The fourth-order valence-corrected chi connectivity index (χ4v) is 0.456. The maximum atomic E-state index is 12.0. The maximum absolute atomic E-state index is 12.0. The van der Waals surface area contributed by atoms with Gasteiger partial charge in [0, 0.05) is 6.42 Å². The average molecular weight is 180 g/mol. The Labute approximate surface area is 59.2 Å². The third-order valence-corrected chi connectivity index (χ3v) is 1.02. The van der Waals surface area contributed by atoms with E-state index in [0.29, 0.717) is 0 Å². The van der Waals surface area contributed by atoms with Gasteiger partial charge in [0.25, 0.3) is 0 Å². The molecule has 0 fully saturated rings. The molecule has 0 aliphatic heterocycles. The zero-order chi connectivity index (χ0) is 9.07. The van der Waals surface area contributed by atoms with E-state index in [0.717, 1.165) is 0 Å². The lowest BCUT2D eigenvalue weighted by molar-refractivity contribution is -0.197. The van der Waals surface area contributed by atoms with Gasteiger partial charge < -0.3 is 0 Å². The Kier molecular flexibility index (Phi) is 3.68. The molecule has 11 heavy (non-hydrogen) atoms. The summed E-state index contributed by atoms with van der Waals surface area (Å²) in [5, 5.41) is 0. The average Bonchev–Trinajstić information content (AvgIpc) is 1.85. The van der Waals surface area contributed by atoms with Crippen LogP contribution in [0.15, 0.2) is 0 Å². The molecule has 0 aromatic rings. The third-order valence-electron chi connectivity index (χ3n) is 1.02. The number of rotatable bonds is 3. The van der Waals surface area contributed by atoms with Gasteiger partial charge in [-0.1, -0.05) is 0 Å². The molecule has 0 heterocycles. The largest absolute Gasteiger partial charge is 0.422 e. The summed E-state index contributed by atoms with van der Waals surface area (Å²) >= 11 is 0. The van der Waals surface area contributed by atoms with Gasteiger partial charge in [-0.15, -0.1) is 0 Å². The molecule has 0 rings (SSSR count). The Morgan fingerprint density at radius 2 is 1.55 bits per heavy atom. The van der Waals surface area contributed by atoms with Gasteiger partial charge in [-0.25, -0.2) is 8.78 Å². The maximum Gasteiger partial charge on any atom is 0.422 e. The van der Waals surface area contributed by atoms with E-state index in [1.54, 1.807) is 0 Å². The van der Waals surface area contributed by atoms with Crippen LogP contribution in [0.3, 0.4) is 0 Å². The van der Waals surface area contributed by atoms with E-state index in [1.165, 1.54) is 0 Å². The molecule has 68 valence electrons. The summed E-state index contributed by atoms with van der Waals surface area (Å²) in [6.45, 7) is -1.29. The molecule has 2 atom stereocenters. The minimum absolute atomic E-state index is 1.05. The Morgan fingerprint density at radius 1 is 1.09 bits per heavy atom. The van der Waals surface area contributed by atoms with Crippen molar-refractivity contribution in [3.63, 3.8) is 0 Å². The van der Waals surface area contributed by atoms with Crippen LogP contribution in [0.1, 0.15) is 6.42 Å². The van der Waals surface area contributed by atoms with Crippen LogP contribution in [0.25, 0.3) is 0 Å². The summed E-state index contributed by atoms with van der Waals surface area (Å²) in [7, 11) is 0. The second-order valence-corrected chi connectivity index (χ2v) is 1.94. The Balaban J connectivity index is 3.91. The fourth-order valence-electron chi connectivity index (χ4n) is 0.456. The molecule has 0 aliphatic rings. The van der Waals surface area contributed by atoms with Crippen LogP contribution >= 0.6 is 0 Å². The molecule has 2 unspecified atom stereocenters. The molecule has 0 saturated carbocycles. The molecule has 0 N–H and O–H groups in total. The van der Waals surface area contributed by atoms with Gasteiger partial charge in [0.1, 0.15) is 6.17 Å². The van der Waals surface area contributed by atoms with E-state index >= 15 is 0 Å². The standard InChI is InChI=1S/C5H6F6/c6-2-1-3(7)4(8)5(9,10)11/h3-4H,1-2H2. The SMILES string of the molecule is FCCC(F)C(F)C(F)(F)F. The van der Waals surface area contributed by atoms with Crippen molar-refractivity contribution < 1.29 is 26.3 Å². The molecule has 0 aromatic carbocycles. The predicted molar refractivity (Wildman–Crippen MR) is 26.4 cm³/mol. The highest BCUT2D eigenvalue weighted by molar-refractivity contribution is 4.74. The second-order valence-electron chi connectivity index (χ2n) is 1.94. The summed E-state index contributed by atoms with van der Waals surface area (Å²) < 4.78 is 68.9. The molecular weight excluding hydrogens is 174 g/mol. The van der Waals surface area contributed by atoms with Crippen molar-refractivity contribution in [2.45, 2.75) is 24.9 Å². The highest BCUT2D eigenvalue weighted by Crippen LogP contribution is 2.28. The Morgan fingerprint density at radius 3 is 1.82 bits per heavy atom. The van der Waals surface area contributed by atoms with E-state index in [9.17, 15) is 26.3 Å². The molecule has 0 aliphatic carbocycles. The predicted octanol–water partition coefficient (Wildman–Crippen LogP) is 2.58. The second kappa shape index (κ2) is 3.82. The van der Waals surface area contributed by atoms with Crippen molar-refractivity contribution in [3.8, 4) is 0 Å². The van der Waals surface area contributed by atoms with Crippen LogP contribution < -0.4 is 0 Å². The first-order valence-corrected chi connectivity index (χ1v) is 2.80. The smallest absolute Gasteiger partial charge is 0.251 e. The van der Waals surface area contributed by atoms with Gasteiger partial charge in [-0.3, -0.25) is 4.39 Å². The van der Waals surface area contributed by atoms with Crippen molar-refractivity contribution in [2.24, 2.45) is 0 Å². The highest BCUT2D eigenvalue weighted by Gasteiger charge is 2.45. The lowest BCUT2D eigenvalue weighted by atomic mass is 10.2. The van der Waals surface area contributed by atoms with Gasteiger partial charge in [0.2, 0.25) is 6.17 Å². The van der Waals surface area contributed by atoms with Crippen LogP contribution in [0.5, 0.6) is 0 Å². The number of hydrogen-bond acceptors (Lipinski definition) is 0. The summed E-state index contributed by atoms with van der Waals surface area (Å²) in [4.78, 5) is 0. The third kappa shape index (κ3) is 3.48. The Hall–Kier alpha value is -0.420. The molecule has 0 spiro atoms. The normalized spacial score (nSPS) is 18.0. The van der Waals surface area contributed by atoms with E-state index in [-0.39, 0.29) is 0 Å². The molecule has 0 aromatic heterocycles. The zero-order valence-electron chi connectivity index (χ0n) is 5.34. The quantitative estimate of drug-likeness (QED) is 0.585. The van der Waals surface area contributed by atoms with Crippen molar-refractivity contribution in [1.29, 1.82) is 0 Å². The van der Waals surface area contributed by atoms with E-state index in [2.05, 4.69) is 0 Å². The molecular formula is C5H6F6. The van der Waals surface area contributed by atoms with Crippen molar-refractivity contribution in [1.82, 2.24) is 0 Å². The molecule has 6 heteroatoms. The molecule has 0 saturated heterocycles. The van der Waals surface area contributed by atoms with Crippen LogP contribution in [0, 0.1) is 0 Å². The lowest BCUT2D eigenvalue weighted by Gasteiger charge is -2.14. The first-order chi connectivity index (χ1) is 4.89. The van der Waals surface area contributed by atoms with Gasteiger partial charge in [-0.2, -0.15) is 13.2 Å².